The van der Waals surface area contributed by atoms with E-state index in [9.17, 15) is 4.79 Å². The van der Waals surface area contributed by atoms with E-state index < -0.39 is 0 Å². The summed E-state index contributed by atoms with van der Waals surface area (Å²) in [6, 6.07) is 14.7. The molecule has 0 bridgehead atoms. The summed E-state index contributed by atoms with van der Waals surface area (Å²) in [5.41, 5.74) is 2.19. The van der Waals surface area contributed by atoms with Gasteiger partial charge in [0.25, 0.3) is 0 Å². The van der Waals surface area contributed by atoms with Gasteiger partial charge in [0.2, 0.25) is 5.91 Å². The molecule has 0 radical (unpaired) electrons. The molecule has 2 N–H and O–H groups in total. The lowest BCUT2D eigenvalue weighted by Crippen LogP contribution is -2.47. The van der Waals surface area contributed by atoms with Gasteiger partial charge in [-0.3, -0.25) is 15.1 Å². The maximum atomic E-state index is 12.7. The van der Waals surface area contributed by atoms with Crippen LogP contribution < -0.4 is 15.4 Å². The molecule has 4 rings (SSSR count). The van der Waals surface area contributed by atoms with E-state index >= 15 is 0 Å². The normalized spacial score (nSPS) is 27.3. The Morgan fingerprint density at radius 1 is 1.04 bits per heavy atom. The molecule has 5 nitrogen and oxygen atoms in total. The zero-order valence-electron chi connectivity index (χ0n) is 16.4. The van der Waals surface area contributed by atoms with E-state index in [2.05, 4.69) is 39.9 Å². The summed E-state index contributed by atoms with van der Waals surface area (Å²) in [7, 11) is 0. The van der Waals surface area contributed by atoms with E-state index in [0.29, 0.717) is 0 Å². The van der Waals surface area contributed by atoms with Crippen molar-refractivity contribution < 1.29 is 9.53 Å². The topological polar surface area (TPSA) is 63.2 Å². The quantitative estimate of drug-likeness (QED) is 0.832. The standard InChI is InChI=1S/C23H29N3O2/c1-16-22(8-5-15-24-16)28-19-11-9-18(10-12-19)25-23(27)21-14-13-20(26-21)17-6-3-2-4-7-17/h2-8,15,18-21,26H,9-14H2,1H3,(H,25,27)/t18?,19?,20-,21-/m1/s1. The van der Waals surface area contributed by atoms with Gasteiger partial charge < -0.3 is 10.1 Å². The van der Waals surface area contributed by atoms with Crippen LogP contribution in [0.25, 0.3) is 0 Å². The SMILES string of the molecule is Cc1ncccc1OC1CCC(NC(=O)[C@H]2CC[C@H](c3ccccc3)N2)CC1. The van der Waals surface area contributed by atoms with E-state index in [1.165, 1.54) is 5.56 Å². The van der Waals surface area contributed by atoms with Crippen LogP contribution in [0.5, 0.6) is 5.75 Å². The van der Waals surface area contributed by atoms with Crippen LogP contribution in [-0.2, 0) is 4.79 Å². The molecule has 148 valence electrons. The van der Waals surface area contributed by atoms with Crippen molar-refractivity contribution in [1.82, 2.24) is 15.6 Å². The van der Waals surface area contributed by atoms with Gasteiger partial charge in [0.05, 0.1) is 17.8 Å². The highest BCUT2D eigenvalue weighted by molar-refractivity contribution is 5.82. The summed E-state index contributed by atoms with van der Waals surface area (Å²) in [6.45, 7) is 1.97. The third-order valence-electron chi connectivity index (χ3n) is 5.94. The summed E-state index contributed by atoms with van der Waals surface area (Å²) in [5.74, 6) is 1.02. The lowest BCUT2D eigenvalue weighted by atomic mass is 9.92. The highest BCUT2D eigenvalue weighted by Crippen LogP contribution is 2.28. The molecule has 1 aliphatic carbocycles. The van der Waals surface area contributed by atoms with E-state index in [1.54, 1.807) is 6.20 Å². The molecule has 2 aliphatic rings. The van der Waals surface area contributed by atoms with Crippen LogP contribution in [0, 0.1) is 6.92 Å². The summed E-state index contributed by atoms with van der Waals surface area (Å²) in [6.07, 6.45) is 7.75. The van der Waals surface area contributed by atoms with Crippen molar-refractivity contribution in [3.05, 3.63) is 59.9 Å². The number of carbonyl (C=O) groups is 1. The molecule has 1 aliphatic heterocycles. The molecular weight excluding hydrogens is 350 g/mol. The zero-order chi connectivity index (χ0) is 19.3. The molecule has 2 heterocycles. The van der Waals surface area contributed by atoms with Gasteiger partial charge in [-0.05, 0) is 63.1 Å². The molecule has 0 spiro atoms. The van der Waals surface area contributed by atoms with Gasteiger partial charge in [0.1, 0.15) is 5.75 Å². The largest absolute Gasteiger partial charge is 0.489 e. The molecule has 2 atom stereocenters. The Bertz CT molecular complexity index is 787. The minimum Gasteiger partial charge on any atom is -0.489 e. The van der Waals surface area contributed by atoms with E-state index in [0.717, 1.165) is 50.0 Å². The van der Waals surface area contributed by atoms with Crippen molar-refractivity contribution >= 4 is 5.91 Å². The first-order chi connectivity index (χ1) is 13.7. The van der Waals surface area contributed by atoms with Crippen molar-refractivity contribution in [2.75, 3.05) is 0 Å². The second-order valence-electron chi connectivity index (χ2n) is 7.95. The second kappa shape index (κ2) is 8.74. The molecule has 28 heavy (non-hydrogen) atoms. The van der Waals surface area contributed by atoms with Crippen LogP contribution in [0.3, 0.4) is 0 Å². The number of nitrogens with zero attached hydrogens (tertiary/aromatic N) is 1. The first-order valence-electron chi connectivity index (χ1n) is 10.4. The van der Waals surface area contributed by atoms with Crippen LogP contribution in [0.15, 0.2) is 48.7 Å². The van der Waals surface area contributed by atoms with Gasteiger partial charge in [-0.1, -0.05) is 30.3 Å². The van der Waals surface area contributed by atoms with Gasteiger partial charge in [-0.15, -0.1) is 0 Å². The second-order valence-corrected chi connectivity index (χ2v) is 7.95. The number of rotatable bonds is 5. The van der Waals surface area contributed by atoms with Gasteiger partial charge >= 0.3 is 0 Å². The van der Waals surface area contributed by atoms with Crippen LogP contribution in [-0.4, -0.2) is 29.1 Å². The lowest BCUT2D eigenvalue weighted by molar-refractivity contribution is -0.123. The minimum absolute atomic E-state index is 0.0859. The molecule has 1 aromatic heterocycles. The predicted molar refractivity (Wildman–Crippen MR) is 109 cm³/mol. The molecular formula is C23H29N3O2. The van der Waals surface area contributed by atoms with Gasteiger partial charge in [0, 0.05) is 18.3 Å². The highest BCUT2D eigenvalue weighted by atomic mass is 16.5. The Morgan fingerprint density at radius 2 is 1.82 bits per heavy atom. The van der Waals surface area contributed by atoms with Gasteiger partial charge in [-0.2, -0.15) is 0 Å². The summed E-state index contributed by atoms with van der Waals surface area (Å²) < 4.78 is 6.11. The molecule has 5 heteroatoms. The maximum Gasteiger partial charge on any atom is 0.237 e. The average molecular weight is 380 g/mol. The number of ether oxygens (including phenoxy) is 1. The fourth-order valence-corrected chi connectivity index (χ4v) is 4.30. The molecule has 1 amide bonds. The zero-order valence-corrected chi connectivity index (χ0v) is 16.4. The van der Waals surface area contributed by atoms with Gasteiger partial charge in [-0.25, -0.2) is 0 Å². The first-order valence-corrected chi connectivity index (χ1v) is 10.4. The third-order valence-corrected chi connectivity index (χ3v) is 5.94. The van der Waals surface area contributed by atoms with E-state index in [-0.39, 0.29) is 30.1 Å². The molecule has 1 saturated carbocycles. The molecule has 0 unspecified atom stereocenters. The fourth-order valence-electron chi connectivity index (χ4n) is 4.30. The Labute approximate surface area is 166 Å². The Morgan fingerprint density at radius 3 is 2.57 bits per heavy atom. The predicted octanol–water partition coefficient (Wildman–Crippen LogP) is 3.69. The van der Waals surface area contributed by atoms with Crippen LogP contribution in [0.4, 0.5) is 0 Å². The van der Waals surface area contributed by atoms with E-state index in [4.69, 9.17) is 4.74 Å². The molecule has 2 aromatic rings. The fraction of sp³-hybridized carbons (Fsp3) is 0.478. The summed E-state index contributed by atoms with van der Waals surface area (Å²) >= 11 is 0. The Kier molecular flexibility index (Phi) is 5.91. The van der Waals surface area contributed by atoms with E-state index in [1.807, 2.05) is 25.1 Å². The number of nitrogens with one attached hydrogen (secondary N) is 2. The smallest absolute Gasteiger partial charge is 0.237 e. The number of pyridine rings is 1. The van der Waals surface area contributed by atoms with Crippen molar-refractivity contribution in [1.29, 1.82) is 0 Å². The van der Waals surface area contributed by atoms with Crippen molar-refractivity contribution in [2.45, 2.75) is 69.7 Å². The molecule has 1 saturated heterocycles. The Balaban J connectivity index is 1.23. The van der Waals surface area contributed by atoms with Crippen molar-refractivity contribution in [2.24, 2.45) is 0 Å². The maximum absolute atomic E-state index is 12.7. The van der Waals surface area contributed by atoms with Crippen LogP contribution >= 0.6 is 0 Å². The number of aromatic nitrogens is 1. The number of hydrogen-bond donors (Lipinski definition) is 2. The first kappa shape index (κ1) is 18.9. The monoisotopic (exact) mass is 379 g/mol. The third kappa shape index (κ3) is 4.53. The molecule has 2 fully saturated rings. The minimum atomic E-state index is -0.0859. The highest BCUT2D eigenvalue weighted by Gasteiger charge is 2.32. The van der Waals surface area contributed by atoms with Crippen molar-refractivity contribution in [3.8, 4) is 5.75 Å². The molecule has 1 aromatic carbocycles. The van der Waals surface area contributed by atoms with Crippen molar-refractivity contribution in [3.63, 3.8) is 0 Å². The number of aryl methyl sites for hydroxylation is 1. The number of carbonyl (C=O) groups excluding carboxylic acids is 1. The summed E-state index contributed by atoms with van der Waals surface area (Å²) in [5, 5.41) is 6.76. The lowest BCUT2D eigenvalue weighted by Gasteiger charge is -2.30. The van der Waals surface area contributed by atoms with Gasteiger partial charge in [0.15, 0.2) is 0 Å². The van der Waals surface area contributed by atoms with Crippen LogP contribution in [0.1, 0.15) is 55.8 Å². The number of amides is 1. The summed E-state index contributed by atoms with van der Waals surface area (Å²) in [4.78, 5) is 17.0. The average Bonchev–Trinajstić information content (AvgIpc) is 3.22. The van der Waals surface area contributed by atoms with Crippen LogP contribution in [0.2, 0.25) is 0 Å². The Hall–Kier alpha value is -2.40. The number of hydrogen-bond acceptors (Lipinski definition) is 4. The number of benzene rings is 1.